The van der Waals surface area contributed by atoms with Crippen molar-refractivity contribution in [3.05, 3.63) is 29.6 Å². The SMILES string of the molecule is Cc1cccc(OC2CC(Br)C2)c1F. The van der Waals surface area contributed by atoms with Gasteiger partial charge >= 0.3 is 0 Å². The highest BCUT2D eigenvalue weighted by Gasteiger charge is 2.29. The molecule has 0 spiro atoms. The summed E-state index contributed by atoms with van der Waals surface area (Å²) in [6.45, 7) is 1.75. The Hall–Kier alpha value is -0.570. The second-order valence-corrected chi connectivity index (χ2v) is 4.99. The third-order valence-electron chi connectivity index (χ3n) is 2.49. The van der Waals surface area contributed by atoms with Crippen LogP contribution in [0.4, 0.5) is 4.39 Å². The minimum absolute atomic E-state index is 0.177. The topological polar surface area (TPSA) is 9.23 Å². The van der Waals surface area contributed by atoms with E-state index >= 15 is 0 Å². The first-order valence-electron chi connectivity index (χ1n) is 4.72. The molecule has 0 radical (unpaired) electrons. The lowest BCUT2D eigenvalue weighted by atomic mass is 9.96. The summed E-state index contributed by atoms with van der Waals surface area (Å²) in [5.41, 5.74) is 0.636. The molecule has 0 aromatic heterocycles. The van der Waals surface area contributed by atoms with Crippen molar-refractivity contribution in [2.45, 2.75) is 30.7 Å². The second kappa shape index (κ2) is 3.89. The predicted octanol–water partition coefficient (Wildman–Crippen LogP) is 3.44. The first-order valence-corrected chi connectivity index (χ1v) is 5.64. The molecule has 2 rings (SSSR count). The van der Waals surface area contributed by atoms with E-state index in [1.165, 1.54) is 0 Å². The van der Waals surface area contributed by atoms with Gasteiger partial charge in [-0.3, -0.25) is 0 Å². The van der Waals surface area contributed by atoms with Crippen LogP contribution in [0.15, 0.2) is 18.2 Å². The second-order valence-electron chi connectivity index (χ2n) is 3.70. The van der Waals surface area contributed by atoms with Crippen LogP contribution in [0, 0.1) is 12.7 Å². The summed E-state index contributed by atoms with van der Waals surface area (Å²) in [4.78, 5) is 0.542. The molecule has 0 heterocycles. The van der Waals surface area contributed by atoms with Crippen LogP contribution >= 0.6 is 15.9 Å². The standard InChI is InChI=1S/C11H12BrFO/c1-7-3-2-4-10(11(7)13)14-9-5-8(12)6-9/h2-4,8-9H,5-6H2,1H3. The molecular formula is C11H12BrFO. The lowest BCUT2D eigenvalue weighted by Crippen LogP contribution is -2.34. The molecule has 76 valence electrons. The fraction of sp³-hybridized carbons (Fsp3) is 0.455. The first kappa shape index (κ1) is 9.97. The number of ether oxygens (including phenoxy) is 1. The van der Waals surface area contributed by atoms with Crippen LogP contribution in [-0.2, 0) is 0 Å². The molecule has 1 saturated carbocycles. The van der Waals surface area contributed by atoms with Crippen LogP contribution in [-0.4, -0.2) is 10.9 Å². The van der Waals surface area contributed by atoms with E-state index in [4.69, 9.17) is 4.74 Å². The molecule has 3 heteroatoms. The molecule has 0 bridgehead atoms. The van der Waals surface area contributed by atoms with Gasteiger partial charge in [0, 0.05) is 4.83 Å². The average Bonchev–Trinajstić information content (AvgIpc) is 2.10. The predicted molar refractivity (Wildman–Crippen MR) is 57.5 cm³/mol. The fourth-order valence-corrected chi connectivity index (χ4v) is 2.32. The minimum Gasteiger partial charge on any atom is -0.487 e. The van der Waals surface area contributed by atoms with Crippen molar-refractivity contribution in [1.82, 2.24) is 0 Å². The first-order chi connectivity index (χ1) is 6.66. The Kier molecular flexibility index (Phi) is 2.77. The summed E-state index contributed by atoms with van der Waals surface area (Å²) in [5.74, 6) is 0.153. The van der Waals surface area contributed by atoms with Gasteiger partial charge in [-0.25, -0.2) is 4.39 Å². The van der Waals surface area contributed by atoms with E-state index in [1.54, 1.807) is 19.1 Å². The highest BCUT2D eigenvalue weighted by atomic mass is 79.9. The molecule has 14 heavy (non-hydrogen) atoms. The molecule has 0 N–H and O–H groups in total. The summed E-state index contributed by atoms with van der Waals surface area (Å²) in [6, 6.07) is 5.25. The molecule has 1 aromatic rings. The lowest BCUT2D eigenvalue weighted by Gasteiger charge is -2.31. The number of halogens is 2. The maximum Gasteiger partial charge on any atom is 0.167 e. The van der Waals surface area contributed by atoms with E-state index in [2.05, 4.69) is 15.9 Å². The number of alkyl halides is 1. The summed E-state index contributed by atoms with van der Waals surface area (Å²) < 4.78 is 19.0. The number of hydrogen-bond acceptors (Lipinski definition) is 1. The zero-order valence-electron chi connectivity index (χ0n) is 7.97. The summed E-state index contributed by atoms with van der Waals surface area (Å²) in [6.07, 6.45) is 2.11. The highest BCUT2D eigenvalue weighted by molar-refractivity contribution is 9.09. The third kappa shape index (κ3) is 1.92. The molecule has 1 nitrogen and oxygen atoms in total. The van der Waals surface area contributed by atoms with Gasteiger partial charge in [0.25, 0.3) is 0 Å². The number of hydrogen-bond donors (Lipinski definition) is 0. The van der Waals surface area contributed by atoms with Gasteiger partial charge in [-0.15, -0.1) is 0 Å². The van der Waals surface area contributed by atoms with Gasteiger partial charge in [-0.2, -0.15) is 0 Å². The van der Waals surface area contributed by atoms with Gasteiger partial charge < -0.3 is 4.74 Å². The number of benzene rings is 1. The molecular weight excluding hydrogens is 247 g/mol. The van der Waals surface area contributed by atoms with Crippen LogP contribution in [0.1, 0.15) is 18.4 Å². The zero-order chi connectivity index (χ0) is 10.1. The molecule has 1 aromatic carbocycles. The Morgan fingerprint density at radius 2 is 2.14 bits per heavy atom. The monoisotopic (exact) mass is 258 g/mol. The maximum absolute atomic E-state index is 13.5. The van der Waals surface area contributed by atoms with Crippen LogP contribution < -0.4 is 4.74 Å². The Morgan fingerprint density at radius 3 is 2.79 bits per heavy atom. The quantitative estimate of drug-likeness (QED) is 0.739. The van der Waals surface area contributed by atoms with Crippen LogP contribution in [0.2, 0.25) is 0 Å². The van der Waals surface area contributed by atoms with Crippen molar-refractivity contribution in [3.8, 4) is 5.75 Å². The summed E-state index contributed by atoms with van der Waals surface area (Å²) in [7, 11) is 0. The van der Waals surface area contributed by atoms with Crippen molar-refractivity contribution >= 4 is 15.9 Å². The normalized spacial score (nSPS) is 25.6. The molecule has 0 aliphatic heterocycles. The van der Waals surface area contributed by atoms with E-state index < -0.39 is 0 Å². The fourth-order valence-electron chi connectivity index (χ4n) is 1.49. The summed E-state index contributed by atoms with van der Waals surface area (Å²) >= 11 is 3.47. The van der Waals surface area contributed by atoms with E-state index in [-0.39, 0.29) is 11.9 Å². The Balaban J connectivity index is 2.06. The third-order valence-corrected chi connectivity index (χ3v) is 3.23. The van der Waals surface area contributed by atoms with Crippen LogP contribution in [0.25, 0.3) is 0 Å². The van der Waals surface area contributed by atoms with Gasteiger partial charge in [0.05, 0.1) is 0 Å². The Labute approximate surface area is 91.4 Å². The smallest absolute Gasteiger partial charge is 0.167 e. The minimum atomic E-state index is -0.231. The molecule has 1 fully saturated rings. The average molecular weight is 259 g/mol. The Morgan fingerprint density at radius 1 is 1.43 bits per heavy atom. The van der Waals surface area contributed by atoms with Crippen molar-refractivity contribution in [3.63, 3.8) is 0 Å². The molecule has 1 aliphatic rings. The van der Waals surface area contributed by atoms with E-state index in [1.807, 2.05) is 6.07 Å². The van der Waals surface area contributed by atoms with Gasteiger partial charge in [0.2, 0.25) is 0 Å². The Bertz CT molecular complexity index is 334. The summed E-state index contributed by atoms with van der Waals surface area (Å²) in [5, 5.41) is 0. The van der Waals surface area contributed by atoms with Crippen molar-refractivity contribution in [1.29, 1.82) is 0 Å². The maximum atomic E-state index is 13.5. The van der Waals surface area contributed by atoms with E-state index in [0.717, 1.165) is 12.8 Å². The zero-order valence-corrected chi connectivity index (χ0v) is 9.55. The van der Waals surface area contributed by atoms with Crippen molar-refractivity contribution < 1.29 is 9.13 Å². The van der Waals surface area contributed by atoms with E-state index in [9.17, 15) is 4.39 Å². The van der Waals surface area contributed by atoms with E-state index in [0.29, 0.717) is 16.1 Å². The van der Waals surface area contributed by atoms with Gasteiger partial charge in [0.1, 0.15) is 6.10 Å². The van der Waals surface area contributed by atoms with Crippen molar-refractivity contribution in [2.75, 3.05) is 0 Å². The molecule has 0 unspecified atom stereocenters. The molecule has 1 aliphatic carbocycles. The highest BCUT2D eigenvalue weighted by Crippen LogP contribution is 2.32. The van der Waals surface area contributed by atoms with Gasteiger partial charge in [0.15, 0.2) is 11.6 Å². The number of aryl methyl sites for hydroxylation is 1. The van der Waals surface area contributed by atoms with Crippen LogP contribution in [0.5, 0.6) is 5.75 Å². The van der Waals surface area contributed by atoms with Crippen LogP contribution in [0.3, 0.4) is 0 Å². The largest absolute Gasteiger partial charge is 0.487 e. The lowest BCUT2D eigenvalue weighted by molar-refractivity contribution is 0.122. The van der Waals surface area contributed by atoms with Gasteiger partial charge in [-0.1, -0.05) is 28.1 Å². The molecule has 0 saturated heterocycles. The van der Waals surface area contributed by atoms with Gasteiger partial charge in [-0.05, 0) is 31.4 Å². The molecule has 0 atom stereocenters. The van der Waals surface area contributed by atoms with Crippen molar-refractivity contribution in [2.24, 2.45) is 0 Å². The number of rotatable bonds is 2. The molecule has 0 amide bonds.